The van der Waals surface area contributed by atoms with Gasteiger partial charge >= 0.3 is 12.2 Å². The van der Waals surface area contributed by atoms with E-state index in [4.69, 9.17) is 11.6 Å². The summed E-state index contributed by atoms with van der Waals surface area (Å²) >= 11 is 5.62. The molecule has 0 spiro atoms. The minimum Gasteiger partial charge on any atom is -0.353 e. The van der Waals surface area contributed by atoms with Gasteiger partial charge in [0.2, 0.25) is 0 Å². The van der Waals surface area contributed by atoms with Gasteiger partial charge in [-0.15, -0.1) is 0 Å². The highest BCUT2D eigenvalue weighted by molar-refractivity contribution is 6.31. The van der Waals surface area contributed by atoms with Gasteiger partial charge in [0.15, 0.2) is 0 Å². The number of anilines is 2. The summed E-state index contributed by atoms with van der Waals surface area (Å²) in [6.07, 6.45) is 0.660. The molecule has 1 aromatic carbocycles. The van der Waals surface area contributed by atoms with Crippen LogP contribution in [0.25, 0.3) is 5.82 Å². The molecule has 11 heteroatoms. The summed E-state index contributed by atoms with van der Waals surface area (Å²) in [5.74, 6) is 1.48. The topological polar surface area (TPSA) is 66.3 Å². The Kier molecular flexibility index (Phi) is 5.73. The fraction of sp³-hybridized carbons (Fsp3) is 0.250. The van der Waals surface area contributed by atoms with Gasteiger partial charge < -0.3 is 19.7 Å². The summed E-state index contributed by atoms with van der Waals surface area (Å²) in [4.78, 5) is 24.7. The zero-order chi connectivity index (χ0) is 22.0. The first kappa shape index (κ1) is 21.0. The van der Waals surface area contributed by atoms with Crippen molar-refractivity contribution in [1.29, 1.82) is 0 Å². The average Bonchev–Trinajstić information content (AvgIpc) is 3.29. The van der Waals surface area contributed by atoms with Gasteiger partial charge in [0, 0.05) is 50.3 Å². The van der Waals surface area contributed by atoms with Crippen LogP contribution in [0.5, 0.6) is 0 Å². The van der Waals surface area contributed by atoms with Crippen LogP contribution in [0.3, 0.4) is 0 Å². The van der Waals surface area contributed by atoms with E-state index in [9.17, 15) is 18.0 Å². The Labute approximate surface area is 181 Å². The lowest BCUT2D eigenvalue weighted by atomic mass is 10.2. The van der Waals surface area contributed by atoms with Crippen molar-refractivity contribution in [2.24, 2.45) is 0 Å². The minimum atomic E-state index is -4.60. The number of benzene rings is 1. The van der Waals surface area contributed by atoms with Gasteiger partial charge in [-0.05, 0) is 30.3 Å². The average molecular weight is 451 g/mol. The van der Waals surface area contributed by atoms with E-state index in [1.807, 2.05) is 40.1 Å². The third-order valence-electron chi connectivity index (χ3n) is 4.92. The lowest BCUT2D eigenvalue weighted by molar-refractivity contribution is -0.137. The fourth-order valence-electron chi connectivity index (χ4n) is 3.30. The summed E-state index contributed by atoms with van der Waals surface area (Å²) in [6, 6.07) is 8.49. The van der Waals surface area contributed by atoms with Crippen LogP contribution in [-0.2, 0) is 6.18 Å². The Hall–Kier alpha value is -3.27. The number of urea groups is 1. The van der Waals surface area contributed by atoms with Crippen LogP contribution in [0.15, 0.2) is 55.1 Å². The van der Waals surface area contributed by atoms with Crippen LogP contribution in [0.1, 0.15) is 5.56 Å². The Morgan fingerprint density at radius 3 is 2.35 bits per heavy atom. The Bertz CT molecular complexity index is 1070. The highest BCUT2D eigenvalue weighted by Crippen LogP contribution is 2.36. The van der Waals surface area contributed by atoms with E-state index < -0.39 is 22.8 Å². The molecule has 2 aromatic heterocycles. The quantitative estimate of drug-likeness (QED) is 0.646. The maximum Gasteiger partial charge on any atom is 0.417 e. The van der Waals surface area contributed by atoms with Crippen LogP contribution in [-0.4, -0.2) is 51.6 Å². The first-order valence-electron chi connectivity index (χ1n) is 9.44. The van der Waals surface area contributed by atoms with Crippen LogP contribution < -0.4 is 10.2 Å². The normalized spacial score (nSPS) is 14.6. The number of carbonyl (C=O) groups is 1. The van der Waals surface area contributed by atoms with Crippen LogP contribution in [0.4, 0.5) is 29.5 Å². The first-order chi connectivity index (χ1) is 14.8. The summed E-state index contributed by atoms with van der Waals surface area (Å²) in [5, 5.41) is 2.10. The number of aromatic nitrogens is 3. The second-order valence-electron chi connectivity index (χ2n) is 6.92. The smallest absolute Gasteiger partial charge is 0.353 e. The molecule has 0 radical (unpaired) electrons. The Morgan fingerprint density at radius 1 is 1.00 bits per heavy atom. The number of alkyl halides is 3. The summed E-state index contributed by atoms with van der Waals surface area (Å²) < 4.78 is 40.9. The van der Waals surface area contributed by atoms with Crippen LogP contribution in [0.2, 0.25) is 5.02 Å². The number of halogens is 4. The summed E-state index contributed by atoms with van der Waals surface area (Å²) in [7, 11) is 0. The van der Waals surface area contributed by atoms with Gasteiger partial charge in [0.25, 0.3) is 0 Å². The molecular formula is C20H18ClF3N6O. The van der Waals surface area contributed by atoms with E-state index >= 15 is 0 Å². The molecular weight excluding hydrogens is 433 g/mol. The molecule has 31 heavy (non-hydrogen) atoms. The SMILES string of the molecule is O=C(Nc1ccc(Cl)c(C(F)(F)F)c1)N1CCN(c2cc(-n3cccc3)ncn2)CC1. The van der Waals surface area contributed by atoms with Gasteiger partial charge in [-0.25, -0.2) is 14.8 Å². The lowest BCUT2D eigenvalue weighted by Gasteiger charge is -2.35. The molecule has 1 saturated heterocycles. The van der Waals surface area contributed by atoms with E-state index in [1.54, 1.807) is 4.90 Å². The van der Waals surface area contributed by atoms with Gasteiger partial charge in [0.1, 0.15) is 18.0 Å². The number of nitrogens with zero attached hydrogens (tertiary/aromatic N) is 5. The van der Waals surface area contributed by atoms with Crippen LogP contribution in [0, 0.1) is 0 Å². The van der Waals surface area contributed by atoms with Gasteiger partial charge in [-0.1, -0.05) is 11.6 Å². The highest BCUT2D eigenvalue weighted by atomic mass is 35.5. The van der Waals surface area contributed by atoms with Gasteiger partial charge in [-0.2, -0.15) is 13.2 Å². The lowest BCUT2D eigenvalue weighted by Crippen LogP contribution is -2.50. The maximum atomic E-state index is 13.0. The third-order valence-corrected chi connectivity index (χ3v) is 5.25. The molecule has 4 rings (SSSR count). The molecule has 0 saturated carbocycles. The number of amides is 2. The first-order valence-corrected chi connectivity index (χ1v) is 9.82. The Morgan fingerprint density at radius 2 is 1.68 bits per heavy atom. The molecule has 162 valence electrons. The monoisotopic (exact) mass is 450 g/mol. The van der Waals surface area contributed by atoms with Crippen molar-refractivity contribution in [3.05, 3.63) is 65.7 Å². The van der Waals surface area contributed by atoms with E-state index in [1.165, 1.54) is 12.4 Å². The van der Waals surface area contributed by atoms with Crippen LogP contribution >= 0.6 is 11.6 Å². The van der Waals surface area contributed by atoms with Crippen molar-refractivity contribution in [3.8, 4) is 5.82 Å². The predicted octanol–water partition coefficient (Wildman–Crippen LogP) is 4.29. The number of hydrogen-bond acceptors (Lipinski definition) is 4. The van der Waals surface area contributed by atoms with Gasteiger partial charge in [-0.3, -0.25) is 0 Å². The molecule has 3 aromatic rings. The van der Waals surface area contributed by atoms with E-state index in [0.29, 0.717) is 26.2 Å². The molecule has 2 amide bonds. The summed E-state index contributed by atoms with van der Waals surface area (Å²) in [6.45, 7) is 1.86. The predicted molar refractivity (Wildman–Crippen MR) is 111 cm³/mol. The van der Waals surface area contributed by atoms with Crippen molar-refractivity contribution in [2.75, 3.05) is 36.4 Å². The fourth-order valence-corrected chi connectivity index (χ4v) is 3.52. The molecule has 0 unspecified atom stereocenters. The number of hydrogen-bond donors (Lipinski definition) is 1. The second-order valence-corrected chi connectivity index (χ2v) is 7.33. The zero-order valence-corrected chi connectivity index (χ0v) is 16.9. The van der Waals surface area contributed by atoms with Crippen molar-refractivity contribution in [2.45, 2.75) is 6.18 Å². The van der Waals surface area contributed by atoms with E-state index in [-0.39, 0.29) is 5.69 Å². The summed E-state index contributed by atoms with van der Waals surface area (Å²) in [5.41, 5.74) is -0.949. The van der Waals surface area contributed by atoms with Crippen molar-refractivity contribution >= 4 is 29.1 Å². The number of rotatable bonds is 3. The molecule has 3 heterocycles. The zero-order valence-electron chi connectivity index (χ0n) is 16.2. The molecule has 0 bridgehead atoms. The minimum absolute atomic E-state index is 0.0383. The molecule has 1 fully saturated rings. The second kappa shape index (κ2) is 8.46. The third kappa shape index (κ3) is 4.74. The largest absolute Gasteiger partial charge is 0.417 e. The van der Waals surface area contributed by atoms with Crippen molar-refractivity contribution in [3.63, 3.8) is 0 Å². The molecule has 7 nitrogen and oxygen atoms in total. The number of piperazine rings is 1. The van der Waals surface area contributed by atoms with E-state index in [2.05, 4.69) is 15.3 Å². The number of carbonyl (C=O) groups excluding carboxylic acids is 1. The maximum absolute atomic E-state index is 13.0. The van der Waals surface area contributed by atoms with E-state index in [0.717, 1.165) is 23.8 Å². The van der Waals surface area contributed by atoms with Crippen molar-refractivity contribution in [1.82, 2.24) is 19.4 Å². The Balaban J connectivity index is 1.38. The molecule has 0 atom stereocenters. The number of nitrogens with one attached hydrogen (secondary N) is 1. The molecule has 1 N–H and O–H groups in total. The van der Waals surface area contributed by atoms with Gasteiger partial charge in [0.05, 0.1) is 10.6 Å². The highest BCUT2D eigenvalue weighted by Gasteiger charge is 2.33. The standard InChI is InChI=1S/C20H18ClF3N6O/c21-16-4-3-14(11-15(16)20(22,23)24)27-19(31)30-9-7-29(8-10-30)18-12-17(25-13-26-18)28-5-1-2-6-28/h1-6,11-13H,7-10H2,(H,27,31). The molecule has 0 aliphatic carbocycles. The molecule has 1 aliphatic rings. The van der Waals surface area contributed by atoms with Crippen molar-refractivity contribution < 1.29 is 18.0 Å². The molecule has 1 aliphatic heterocycles.